The Morgan fingerprint density at radius 3 is 1.10 bits per heavy atom. The van der Waals surface area contributed by atoms with Crippen LogP contribution in [0, 0.1) is 0 Å². The molecule has 68 heavy (non-hydrogen) atoms. The first-order valence-electron chi connectivity index (χ1n) is 24.3. The van der Waals surface area contributed by atoms with Gasteiger partial charge in [-0.3, -0.25) is 0 Å². The van der Waals surface area contributed by atoms with Crippen LogP contribution in [0.15, 0.2) is 206 Å². The molecule has 0 atom stereocenters. The Labute approximate surface area is 397 Å². The van der Waals surface area contributed by atoms with E-state index in [2.05, 4.69) is 234 Å². The van der Waals surface area contributed by atoms with Gasteiger partial charge in [0.1, 0.15) is 0 Å². The predicted molar refractivity (Wildman–Crippen MR) is 287 cm³/mol. The lowest BCUT2D eigenvalue weighted by Gasteiger charge is -2.24. The van der Waals surface area contributed by atoms with E-state index in [9.17, 15) is 0 Å². The van der Waals surface area contributed by atoms with E-state index >= 15 is 0 Å². The van der Waals surface area contributed by atoms with Crippen molar-refractivity contribution in [2.45, 2.75) is 38.5 Å². The van der Waals surface area contributed by atoms with Crippen molar-refractivity contribution in [3.63, 3.8) is 0 Å². The SMILES string of the molecule is CC1(C)c2ccccc2-c2ccc(-c3ccc(-c4ccccc4)c4c3-c3ccc5c6c(ccc-4c36)-c3c-5c(-c4ccccc4)c4ccccc4c3-c3ccc4c(c3)C(C)(C)c3ccccc3-4)cc21. The van der Waals surface area contributed by atoms with E-state index in [1.54, 1.807) is 0 Å². The Morgan fingerprint density at radius 2 is 0.574 bits per heavy atom. The largest absolute Gasteiger partial charge is 0.0622 e. The lowest BCUT2D eigenvalue weighted by Crippen LogP contribution is -2.14. The van der Waals surface area contributed by atoms with Gasteiger partial charge < -0.3 is 0 Å². The van der Waals surface area contributed by atoms with Crippen molar-refractivity contribution in [2.75, 3.05) is 0 Å². The minimum Gasteiger partial charge on any atom is -0.0622 e. The lowest BCUT2D eigenvalue weighted by molar-refractivity contribution is 0.660. The first-order valence-corrected chi connectivity index (χ1v) is 24.3. The van der Waals surface area contributed by atoms with Crippen molar-refractivity contribution in [3.8, 4) is 111 Å². The highest BCUT2D eigenvalue weighted by Crippen LogP contribution is 2.64. The molecule has 0 saturated heterocycles. The average molecular weight is 863 g/mol. The fourth-order valence-electron chi connectivity index (χ4n) is 13.5. The summed E-state index contributed by atoms with van der Waals surface area (Å²) in [6.07, 6.45) is 0. The highest BCUT2D eigenvalue weighted by molar-refractivity contribution is 6.33. The molecular weight excluding hydrogens is 817 g/mol. The maximum absolute atomic E-state index is 2.53. The standard InChI is InChI=1S/C68H46/c1-67(2)55-25-15-13-21-45(55)47-29-27-41(37-57(47)67)44-32-31-43(39-17-7-5-8-18-39)61-51-33-36-54-64-53(35-34-52(62(44)61)63(51)64)65-59(40-19-9-6-10-20-40)49-23-11-12-24-50(49)60(66(54)65)42-28-30-48-46-22-14-16-26-56(46)68(3,4)58(48)38-42/h5-38H,1-4H3. The van der Waals surface area contributed by atoms with Gasteiger partial charge >= 0.3 is 0 Å². The molecule has 0 amide bonds. The first kappa shape index (κ1) is 38.1. The third-order valence-corrected chi connectivity index (χ3v) is 16.6. The second kappa shape index (κ2) is 13.3. The predicted octanol–water partition coefficient (Wildman–Crippen LogP) is 18.6. The minimum absolute atomic E-state index is 0.0946. The van der Waals surface area contributed by atoms with Gasteiger partial charge in [0.15, 0.2) is 0 Å². The third kappa shape index (κ3) is 4.79. The molecule has 11 aromatic rings. The molecule has 0 aliphatic heterocycles. The molecule has 15 rings (SSSR count). The number of fused-ring (bicyclic) bond motifs is 13. The molecule has 0 heteroatoms. The van der Waals surface area contributed by atoms with Crippen LogP contribution < -0.4 is 0 Å². The van der Waals surface area contributed by atoms with Crippen molar-refractivity contribution in [1.82, 2.24) is 0 Å². The van der Waals surface area contributed by atoms with Gasteiger partial charge in [0.25, 0.3) is 0 Å². The number of hydrogen-bond acceptors (Lipinski definition) is 0. The molecule has 318 valence electrons. The molecule has 0 spiro atoms. The van der Waals surface area contributed by atoms with Gasteiger partial charge in [0, 0.05) is 10.8 Å². The first-order chi connectivity index (χ1) is 33.3. The molecule has 0 unspecified atom stereocenters. The zero-order valence-corrected chi connectivity index (χ0v) is 38.6. The number of benzene rings is 11. The van der Waals surface area contributed by atoms with Gasteiger partial charge in [-0.05, 0) is 167 Å². The molecule has 0 radical (unpaired) electrons. The maximum atomic E-state index is 2.53. The van der Waals surface area contributed by atoms with Gasteiger partial charge in [0.2, 0.25) is 0 Å². The zero-order valence-electron chi connectivity index (χ0n) is 38.6. The minimum atomic E-state index is -0.116. The highest BCUT2D eigenvalue weighted by atomic mass is 14.4. The van der Waals surface area contributed by atoms with Crippen molar-refractivity contribution in [1.29, 1.82) is 0 Å². The van der Waals surface area contributed by atoms with Gasteiger partial charge in [-0.15, -0.1) is 0 Å². The van der Waals surface area contributed by atoms with E-state index in [0.717, 1.165) is 0 Å². The molecular formula is C68H46. The van der Waals surface area contributed by atoms with Crippen LogP contribution in [-0.4, -0.2) is 0 Å². The van der Waals surface area contributed by atoms with Gasteiger partial charge in [-0.2, -0.15) is 0 Å². The summed E-state index contributed by atoms with van der Waals surface area (Å²) < 4.78 is 0. The van der Waals surface area contributed by atoms with Crippen LogP contribution in [0.3, 0.4) is 0 Å². The molecule has 4 aliphatic rings. The van der Waals surface area contributed by atoms with Crippen LogP contribution in [0.25, 0.3) is 133 Å². The third-order valence-electron chi connectivity index (χ3n) is 16.6. The molecule has 0 fully saturated rings. The molecule has 0 saturated carbocycles. The van der Waals surface area contributed by atoms with E-state index in [-0.39, 0.29) is 10.8 Å². The Kier molecular flexibility index (Phi) is 7.45. The molecule has 11 aromatic carbocycles. The van der Waals surface area contributed by atoms with Crippen LogP contribution >= 0.6 is 0 Å². The zero-order chi connectivity index (χ0) is 45.2. The summed E-state index contributed by atoms with van der Waals surface area (Å²) in [6, 6.07) is 78.6. The Balaban J connectivity index is 1.03. The molecule has 0 aromatic heterocycles. The Bertz CT molecular complexity index is 4050. The maximum Gasteiger partial charge on any atom is 0.0159 e. The molecule has 0 bridgehead atoms. The summed E-state index contributed by atoms with van der Waals surface area (Å²) in [6.45, 7) is 9.58. The van der Waals surface area contributed by atoms with Gasteiger partial charge in [-0.25, -0.2) is 0 Å². The van der Waals surface area contributed by atoms with Crippen LogP contribution in [-0.2, 0) is 10.8 Å². The highest BCUT2D eigenvalue weighted by Gasteiger charge is 2.40. The molecule has 0 heterocycles. The summed E-state index contributed by atoms with van der Waals surface area (Å²) in [5.41, 5.74) is 31.7. The summed E-state index contributed by atoms with van der Waals surface area (Å²) in [4.78, 5) is 0. The number of hydrogen-bond donors (Lipinski definition) is 0. The smallest absolute Gasteiger partial charge is 0.0159 e. The Hall–Kier alpha value is -8.06. The quantitative estimate of drug-likeness (QED) is 0.165. The monoisotopic (exact) mass is 862 g/mol. The van der Waals surface area contributed by atoms with Gasteiger partial charge in [0.05, 0.1) is 0 Å². The second-order valence-corrected chi connectivity index (χ2v) is 20.6. The van der Waals surface area contributed by atoms with Crippen molar-refractivity contribution in [2.24, 2.45) is 0 Å². The van der Waals surface area contributed by atoms with Crippen LogP contribution in [0.5, 0.6) is 0 Å². The van der Waals surface area contributed by atoms with Crippen LogP contribution in [0.4, 0.5) is 0 Å². The van der Waals surface area contributed by atoms with Crippen LogP contribution in [0.2, 0.25) is 0 Å². The molecule has 0 nitrogen and oxygen atoms in total. The topological polar surface area (TPSA) is 0 Å². The van der Waals surface area contributed by atoms with Gasteiger partial charge in [-0.1, -0.05) is 222 Å². The lowest BCUT2D eigenvalue weighted by atomic mass is 9.79. The summed E-state index contributed by atoms with van der Waals surface area (Å²) in [5.74, 6) is 0. The molecule has 0 N–H and O–H groups in total. The fraction of sp³-hybridized carbons (Fsp3) is 0.0882. The van der Waals surface area contributed by atoms with E-state index in [1.807, 2.05) is 0 Å². The summed E-state index contributed by atoms with van der Waals surface area (Å²) >= 11 is 0. The van der Waals surface area contributed by atoms with Crippen molar-refractivity contribution >= 4 is 21.5 Å². The average Bonchev–Trinajstić information content (AvgIpc) is 4.04. The fourth-order valence-corrected chi connectivity index (χ4v) is 13.5. The second-order valence-electron chi connectivity index (χ2n) is 20.6. The Morgan fingerprint density at radius 1 is 0.221 bits per heavy atom. The van der Waals surface area contributed by atoms with E-state index < -0.39 is 0 Å². The molecule has 4 aliphatic carbocycles. The normalized spacial score (nSPS) is 14.4. The van der Waals surface area contributed by atoms with Crippen molar-refractivity contribution < 1.29 is 0 Å². The number of rotatable bonds is 4. The van der Waals surface area contributed by atoms with E-state index in [0.29, 0.717) is 0 Å². The van der Waals surface area contributed by atoms with E-state index in [4.69, 9.17) is 0 Å². The summed E-state index contributed by atoms with van der Waals surface area (Å²) in [7, 11) is 0. The van der Waals surface area contributed by atoms with E-state index in [1.165, 1.54) is 155 Å². The summed E-state index contributed by atoms with van der Waals surface area (Å²) in [5, 5.41) is 5.31. The van der Waals surface area contributed by atoms with Crippen LogP contribution in [0.1, 0.15) is 49.9 Å². The van der Waals surface area contributed by atoms with Crippen molar-refractivity contribution in [3.05, 3.63) is 229 Å².